The van der Waals surface area contributed by atoms with E-state index in [4.69, 9.17) is 0 Å². The van der Waals surface area contributed by atoms with Crippen LogP contribution in [0.1, 0.15) is 26.7 Å². The van der Waals surface area contributed by atoms with Crippen LogP contribution in [0.3, 0.4) is 0 Å². The predicted octanol–water partition coefficient (Wildman–Crippen LogP) is 3.86. The minimum Gasteiger partial charge on any atom is -0.344 e. The molecule has 0 aliphatic rings. The molecule has 0 saturated carbocycles. The fourth-order valence-electron chi connectivity index (χ4n) is 0.321. The van der Waals surface area contributed by atoms with E-state index in [1.54, 1.807) is 0 Å². The van der Waals surface area contributed by atoms with Crippen LogP contribution < -0.4 is 0 Å². The van der Waals surface area contributed by atoms with E-state index >= 15 is 0 Å². The van der Waals surface area contributed by atoms with Gasteiger partial charge in [-0.3, -0.25) is 0 Å². The molecule has 0 nitrogen and oxygen atoms in total. The average Bonchev–Trinajstić information content (AvgIpc) is 2.44. The number of hydrogen-bond acceptors (Lipinski definition) is 0. The molecule has 0 N–H and O–H groups in total. The molecule has 12 heavy (non-hydrogen) atoms. The largest absolute Gasteiger partial charge is 0.344 e. The van der Waals surface area contributed by atoms with Crippen molar-refractivity contribution in [3.8, 4) is 0 Å². The van der Waals surface area contributed by atoms with Crippen LogP contribution in [-0.4, -0.2) is 0 Å². The van der Waals surface area contributed by atoms with Crippen molar-refractivity contribution in [2.75, 3.05) is 0 Å². The van der Waals surface area contributed by atoms with Gasteiger partial charge >= 0.3 is 0 Å². The first-order chi connectivity index (χ1) is 5.33. The molecule has 0 aromatic heterocycles. The molecule has 0 radical (unpaired) electrons. The maximum Gasteiger partial charge on any atom is 0 e. The Balaban J connectivity index is -0.000000104. The van der Waals surface area contributed by atoms with Gasteiger partial charge in [0.1, 0.15) is 0 Å². The fourth-order valence-corrected chi connectivity index (χ4v) is 0.321. The molecule has 76 valence electrons. The predicted molar refractivity (Wildman–Crippen MR) is 53.3 cm³/mol. The van der Waals surface area contributed by atoms with Crippen molar-refractivity contribution in [1.29, 1.82) is 0 Å². The van der Waals surface area contributed by atoms with Crippen LogP contribution in [-0.2, 0) is 21.1 Å². The van der Waals surface area contributed by atoms with E-state index in [0.29, 0.717) is 0 Å². The minimum absolute atomic E-state index is 0. The molecule has 0 bridgehead atoms. The molecular formula is C11H19Pt-3. The first-order valence-corrected chi connectivity index (χ1v) is 4.08. The Hall–Kier alpha value is 0.0383. The third kappa shape index (κ3) is 32.3. The van der Waals surface area contributed by atoms with Gasteiger partial charge in [0.2, 0.25) is 0 Å². The minimum atomic E-state index is 0. The van der Waals surface area contributed by atoms with Crippen LogP contribution >= 0.6 is 0 Å². The zero-order valence-corrected chi connectivity index (χ0v) is 10.3. The topological polar surface area (TPSA) is 0 Å². The standard InChI is InChI=1S/C5H5.2C3H7.Pt/c1-2-4-5-3-1;2*1-3-2;/h1-5H;2*1,3H2,2H3;/q3*-1;. The van der Waals surface area contributed by atoms with Crippen molar-refractivity contribution in [1.82, 2.24) is 0 Å². The zero-order valence-electron chi connectivity index (χ0n) is 8.03. The normalized spacial score (nSPS) is 6.33. The van der Waals surface area contributed by atoms with E-state index in [1.807, 2.05) is 44.2 Å². The summed E-state index contributed by atoms with van der Waals surface area (Å²) in [5.41, 5.74) is 0. The average molecular weight is 346 g/mol. The summed E-state index contributed by atoms with van der Waals surface area (Å²) in [6.45, 7) is 11.0. The molecule has 0 unspecified atom stereocenters. The van der Waals surface area contributed by atoms with Crippen LogP contribution in [0.5, 0.6) is 0 Å². The van der Waals surface area contributed by atoms with E-state index < -0.39 is 0 Å². The van der Waals surface area contributed by atoms with Crippen molar-refractivity contribution in [2.24, 2.45) is 0 Å². The van der Waals surface area contributed by atoms with E-state index in [2.05, 4.69) is 13.8 Å². The monoisotopic (exact) mass is 346 g/mol. The molecule has 1 heteroatoms. The Morgan fingerprint density at radius 3 is 1.33 bits per heavy atom. The van der Waals surface area contributed by atoms with Crippen molar-refractivity contribution in [3.63, 3.8) is 0 Å². The molecule has 0 heterocycles. The zero-order chi connectivity index (χ0) is 8.95. The second-order valence-electron chi connectivity index (χ2n) is 1.96. The summed E-state index contributed by atoms with van der Waals surface area (Å²) in [7, 11) is 0. The third-order valence-corrected chi connectivity index (χ3v) is 0.556. The van der Waals surface area contributed by atoms with Crippen LogP contribution in [0, 0.1) is 13.8 Å². The quantitative estimate of drug-likeness (QED) is 0.626. The summed E-state index contributed by atoms with van der Waals surface area (Å²) in [4.78, 5) is 0. The molecule has 0 fully saturated rings. The van der Waals surface area contributed by atoms with Gasteiger partial charge in [0.25, 0.3) is 0 Å². The third-order valence-electron chi connectivity index (χ3n) is 0.556. The Bertz CT molecular complexity index is 80.5. The smallest absolute Gasteiger partial charge is 0 e. The van der Waals surface area contributed by atoms with Gasteiger partial charge in [0.05, 0.1) is 0 Å². The Morgan fingerprint density at radius 1 is 1.00 bits per heavy atom. The molecule has 0 saturated heterocycles. The first kappa shape index (κ1) is 18.0. The molecule has 1 rings (SSSR count). The fraction of sp³-hybridized carbons (Fsp3) is 0.364. The van der Waals surface area contributed by atoms with Crippen LogP contribution in [0.2, 0.25) is 0 Å². The van der Waals surface area contributed by atoms with Crippen LogP contribution in [0.25, 0.3) is 0 Å². The Morgan fingerprint density at radius 2 is 1.25 bits per heavy atom. The molecule has 0 spiro atoms. The summed E-state index contributed by atoms with van der Waals surface area (Å²) >= 11 is 0. The molecule has 0 amide bonds. The van der Waals surface area contributed by atoms with Gasteiger partial charge < -0.3 is 13.8 Å². The first-order valence-electron chi connectivity index (χ1n) is 4.08. The summed E-state index contributed by atoms with van der Waals surface area (Å²) < 4.78 is 0. The van der Waals surface area contributed by atoms with E-state index in [9.17, 15) is 0 Å². The maximum atomic E-state index is 3.49. The number of hydrogen-bond donors (Lipinski definition) is 0. The molecule has 1 aromatic rings. The Labute approximate surface area is 92.0 Å². The maximum absolute atomic E-state index is 3.49. The second kappa shape index (κ2) is 22.5. The number of rotatable bonds is 0. The van der Waals surface area contributed by atoms with Gasteiger partial charge in [0, 0.05) is 21.1 Å². The van der Waals surface area contributed by atoms with Gasteiger partial charge in [-0.2, -0.15) is 31.0 Å². The van der Waals surface area contributed by atoms with E-state index in [1.165, 1.54) is 0 Å². The van der Waals surface area contributed by atoms with E-state index in [0.717, 1.165) is 12.8 Å². The Kier molecular flexibility index (Phi) is 33.6. The van der Waals surface area contributed by atoms with Crippen LogP contribution in [0.4, 0.5) is 0 Å². The van der Waals surface area contributed by atoms with Crippen molar-refractivity contribution in [2.45, 2.75) is 26.7 Å². The molecule has 1 aromatic carbocycles. The van der Waals surface area contributed by atoms with Gasteiger partial charge in [-0.25, -0.2) is 12.1 Å². The summed E-state index contributed by atoms with van der Waals surface area (Å²) in [6, 6.07) is 10.0. The molecule has 0 atom stereocenters. The second-order valence-corrected chi connectivity index (χ2v) is 1.96. The van der Waals surface area contributed by atoms with Gasteiger partial charge in [-0.1, -0.05) is 13.8 Å². The molecular weight excluding hydrogens is 327 g/mol. The summed E-state index contributed by atoms with van der Waals surface area (Å²) in [5, 5.41) is 0. The van der Waals surface area contributed by atoms with Crippen molar-refractivity contribution in [3.05, 3.63) is 44.2 Å². The van der Waals surface area contributed by atoms with Gasteiger partial charge in [0.15, 0.2) is 0 Å². The van der Waals surface area contributed by atoms with Crippen LogP contribution in [0.15, 0.2) is 30.3 Å². The van der Waals surface area contributed by atoms with E-state index in [-0.39, 0.29) is 21.1 Å². The van der Waals surface area contributed by atoms with Gasteiger partial charge in [-0.15, -0.1) is 0 Å². The molecule has 0 aliphatic heterocycles. The van der Waals surface area contributed by atoms with Crippen molar-refractivity contribution >= 4 is 0 Å². The van der Waals surface area contributed by atoms with Crippen molar-refractivity contribution < 1.29 is 21.1 Å². The van der Waals surface area contributed by atoms with Gasteiger partial charge in [-0.05, 0) is 0 Å². The summed E-state index contributed by atoms with van der Waals surface area (Å²) in [5.74, 6) is 0. The molecule has 0 aliphatic carbocycles. The summed E-state index contributed by atoms with van der Waals surface area (Å²) in [6.07, 6.45) is 2.00. The SMILES string of the molecule is [CH2-]CC.[CH2-]CC.[Pt].c1cc[cH-]c1.